The predicted octanol–water partition coefficient (Wildman–Crippen LogP) is 2.92. The molecule has 1 atom stereocenters. The summed E-state index contributed by atoms with van der Waals surface area (Å²) in [6.07, 6.45) is 4.80. The van der Waals surface area contributed by atoms with Crippen LogP contribution in [0.3, 0.4) is 0 Å². The van der Waals surface area contributed by atoms with Crippen molar-refractivity contribution in [2.24, 2.45) is 0 Å². The molecule has 0 saturated heterocycles. The van der Waals surface area contributed by atoms with E-state index in [9.17, 15) is 9.18 Å². The number of nitrogens with zero attached hydrogens (tertiary/aromatic N) is 4. The van der Waals surface area contributed by atoms with Gasteiger partial charge in [-0.1, -0.05) is 0 Å². The van der Waals surface area contributed by atoms with Crippen molar-refractivity contribution in [3.63, 3.8) is 0 Å². The molecule has 1 aliphatic rings. The van der Waals surface area contributed by atoms with Crippen LogP contribution in [-0.4, -0.2) is 31.8 Å². The van der Waals surface area contributed by atoms with Gasteiger partial charge >= 0.3 is 6.03 Å². The van der Waals surface area contributed by atoms with Gasteiger partial charge in [-0.3, -0.25) is 4.98 Å². The van der Waals surface area contributed by atoms with Gasteiger partial charge in [0.1, 0.15) is 11.6 Å². The summed E-state index contributed by atoms with van der Waals surface area (Å²) in [6.45, 7) is 2.48. The number of benzene rings is 1. The molecule has 2 N–H and O–H groups in total. The van der Waals surface area contributed by atoms with Crippen LogP contribution in [0.25, 0.3) is 11.4 Å². The minimum atomic E-state index is -0.293. The first-order valence-corrected chi connectivity index (χ1v) is 8.76. The molecule has 27 heavy (non-hydrogen) atoms. The van der Waals surface area contributed by atoms with Gasteiger partial charge in [-0.25, -0.2) is 9.18 Å². The second-order valence-electron chi connectivity index (χ2n) is 6.58. The van der Waals surface area contributed by atoms with E-state index in [0.29, 0.717) is 24.5 Å². The summed E-state index contributed by atoms with van der Waals surface area (Å²) in [6, 6.07) is 7.69. The van der Waals surface area contributed by atoms with E-state index in [2.05, 4.69) is 25.8 Å². The van der Waals surface area contributed by atoms with Crippen molar-refractivity contribution in [3.05, 3.63) is 59.9 Å². The summed E-state index contributed by atoms with van der Waals surface area (Å²) in [5.41, 5.74) is 2.43. The molecule has 0 fully saturated rings. The number of hydrogen-bond donors (Lipinski definition) is 2. The minimum absolute atomic E-state index is 0.0512. The van der Waals surface area contributed by atoms with Crippen molar-refractivity contribution < 1.29 is 9.18 Å². The number of fused-ring (bicyclic) bond motifs is 1. The fourth-order valence-electron chi connectivity index (χ4n) is 3.20. The second-order valence-corrected chi connectivity index (χ2v) is 6.58. The minimum Gasteiger partial charge on any atom is -0.333 e. The second kappa shape index (κ2) is 7.14. The Hall–Kier alpha value is -3.29. The Morgan fingerprint density at radius 1 is 1.22 bits per heavy atom. The van der Waals surface area contributed by atoms with Crippen LogP contribution < -0.4 is 10.6 Å². The number of rotatable bonds is 3. The third-order valence-corrected chi connectivity index (χ3v) is 4.67. The summed E-state index contributed by atoms with van der Waals surface area (Å²) in [5, 5.41) is 14.3. The lowest BCUT2D eigenvalue weighted by molar-refractivity contribution is 0.244. The standard InChI is InChI=1S/C19H19FN6O/c1-12-8-9-21-10-16(12)23-19(27)22-15-6-7-17-24-25-18(26(17)11-15)13-2-4-14(20)5-3-13/h2-5,8-10,15H,6-7,11H2,1H3,(H2,22,23,27)/t15-/m1/s1. The molecule has 1 aliphatic heterocycles. The first-order chi connectivity index (χ1) is 13.1. The number of carbonyl (C=O) groups excluding carboxylic acids is 1. The molecule has 1 aromatic carbocycles. The average molecular weight is 366 g/mol. The maximum Gasteiger partial charge on any atom is 0.319 e. The summed E-state index contributed by atoms with van der Waals surface area (Å²) in [7, 11) is 0. The van der Waals surface area contributed by atoms with Gasteiger partial charge in [-0.05, 0) is 49.2 Å². The van der Waals surface area contributed by atoms with Gasteiger partial charge in [-0.2, -0.15) is 0 Å². The predicted molar refractivity (Wildman–Crippen MR) is 98.7 cm³/mol. The molecule has 0 unspecified atom stereocenters. The number of nitrogens with one attached hydrogen (secondary N) is 2. The molecule has 2 amide bonds. The van der Waals surface area contributed by atoms with Crippen LogP contribution in [0.4, 0.5) is 14.9 Å². The van der Waals surface area contributed by atoms with Crippen molar-refractivity contribution in [1.82, 2.24) is 25.1 Å². The zero-order chi connectivity index (χ0) is 18.8. The highest BCUT2D eigenvalue weighted by Gasteiger charge is 2.24. The number of halogens is 1. The Bertz CT molecular complexity index is 969. The Kier molecular flexibility index (Phi) is 4.53. The summed E-state index contributed by atoms with van der Waals surface area (Å²) in [4.78, 5) is 16.4. The van der Waals surface area contributed by atoms with Gasteiger partial charge in [0.2, 0.25) is 0 Å². The van der Waals surface area contributed by atoms with Crippen molar-refractivity contribution in [2.75, 3.05) is 5.32 Å². The highest BCUT2D eigenvalue weighted by atomic mass is 19.1. The van der Waals surface area contributed by atoms with E-state index in [-0.39, 0.29) is 17.9 Å². The highest BCUT2D eigenvalue weighted by molar-refractivity contribution is 5.90. The monoisotopic (exact) mass is 366 g/mol. The lowest BCUT2D eigenvalue weighted by Gasteiger charge is -2.25. The number of carbonyl (C=O) groups is 1. The van der Waals surface area contributed by atoms with Crippen molar-refractivity contribution in [2.45, 2.75) is 32.4 Å². The van der Waals surface area contributed by atoms with Crippen LogP contribution >= 0.6 is 0 Å². The van der Waals surface area contributed by atoms with E-state index < -0.39 is 0 Å². The zero-order valence-electron chi connectivity index (χ0n) is 14.8. The van der Waals surface area contributed by atoms with Crippen LogP contribution in [0.5, 0.6) is 0 Å². The van der Waals surface area contributed by atoms with Gasteiger partial charge in [-0.15, -0.1) is 10.2 Å². The van der Waals surface area contributed by atoms with Crippen LogP contribution in [0.2, 0.25) is 0 Å². The molecular formula is C19H19FN6O. The van der Waals surface area contributed by atoms with E-state index in [1.54, 1.807) is 24.5 Å². The van der Waals surface area contributed by atoms with Gasteiger partial charge in [0.15, 0.2) is 5.82 Å². The molecular weight excluding hydrogens is 347 g/mol. The van der Waals surface area contributed by atoms with Gasteiger partial charge in [0.25, 0.3) is 0 Å². The number of anilines is 1. The summed E-state index contributed by atoms with van der Waals surface area (Å²) in [5.74, 6) is 1.26. The largest absolute Gasteiger partial charge is 0.333 e. The third-order valence-electron chi connectivity index (χ3n) is 4.67. The maximum absolute atomic E-state index is 13.2. The Balaban J connectivity index is 1.46. The molecule has 138 valence electrons. The van der Waals surface area contributed by atoms with E-state index in [4.69, 9.17) is 0 Å². The Morgan fingerprint density at radius 3 is 2.81 bits per heavy atom. The molecule has 0 spiro atoms. The van der Waals surface area contributed by atoms with Gasteiger partial charge in [0, 0.05) is 30.8 Å². The quantitative estimate of drug-likeness (QED) is 0.746. The fourth-order valence-corrected chi connectivity index (χ4v) is 3.20. The molecule has 0 bridgehead atoms. The van der Waals surface area contributed by atoms with E-state index in [1.165, 1.54) is 12.1 Å². The molecule has 7 nitrogen and oxygen atoms in total. The number of urea groups is 1. The topological polar surface area (TPSA) is 84.7 Å². The molecule has 3 aromatic rings. The number of aryl methyl sites for hydroxylation is 2. The number of amides is 2. The van der Waals surface area contributed by atoms with E-state index in [0.717, 1.165) is 23.4 Å². The SMILES string of the molecule is Cc1ccncc1NC(=O)N[C@@H]1CCc2nnc(-c3ccc(F)cc3)n2C1. The van der Waals surface area contributed by atoms with Crippen molar-refractivity contribution in [1.29, 1.82) is 0 Å². The zero-order valence-corrected chi connectivity index (χ0v) is 14.8. The molecule has 8 heteroatoms. The highest BCUT2D eigenvalue weighted by Crippen LogP contribution is 2.23. The molecule has 3 heterocycles. The first-order valence-electron chi connectivity index (χ1n) is 8.76. The van der Waals surface area contributed by atoms with Gasteiger partial charge < -0.3 is 15.2 Å². The maximum atomic E-state index is 13.2. The first kappa shape index (κ1) is 17.1. The molecule has 0 aliphatic carbocycles. The number of aromatic nitrogens is 4. The van der Waals surface area contributed by atoms with E-state index in [1.807, 2.05) is 17.6 Å². The average Bonchev–Trinajstić information content (AvgIpc) is 3.07. The van der Waals surface area contributed by atoms with Crippen LogP contribution in [-0.2, 0) is 13.0 Å². The molecule has 0 saturated carbocycles. The fraction of sp³-hybridized carbons (Fsp3) is 0.263. The summed E-state index contributed by atoms with van der Waals surface area (Å²) >= 11 is 0. The third kappa shape index (κ3) is 3.64. The van der Waals surface area contributed by atoms with E-state index >= 15 is 0 Å². The molecule has 0 radical (unpaired) electrons. The van der Waals surface area contributed by atoms with Crippen LogP contribution in [0.15, 0.2) is 42.7 Å². The summed E-state index contributed by atoms with van der Waals surface area (Å²) < 4.78 is 15.2. The van der Waals surface area contributed by atoms with Crippen LogP contribution in [0.1, 0.15) is 17.8 Å². The van der Waals surface area contributed by atoms with Crippen molar-refractivity contribution >= 4 is 11.7 Å². The Labute approximate surface area is 155 Å². The van der Waals surface area contributed by atoms with Gasteiger partial charge in [0.05, 0.1) is 11.9 Å². The lowest BCUT2D eigenvalue weighted by atomic mass is 10.1. The smallest absolute Gasteiger partial charge is 0.319 e. The van der Waals surface area contributed by atoms with Crippen LogP contribution in [0, 0.1) is 12.7 Å². The number of pyridine rings is 1. The molecule has 2 aromatic heterocycles. The Morgan fingerprint density at radius 2 is 2.04 bits per heavy atom. The normalized spacial score (nSPS) is 15.9. The molecule has 4 rings (SSSR count). The van der Waals surface area contributed by atoms with Crippen molar-refractivity contribution in [3.8, 4) is 11.4 Å². The number of hydrogen-bond acceptors (Lipinski definition) is 4. The lowest BCUT2D eigenvalue weighted by Crippen LogP contribution is -2.43.